The van der Waals surface area contributed by atoms with E-state index in [1.165, 1.54) is 53.7 Å². The van der Waals surface area contributed by atoms with Gasteiger partial charge < -0.3 is 9.97 Å². The van der Waals surface area contributed by atoms with E-state index < -0.39 is 26.7 Å². The van der Waals surface area contributed by atoms with Gasteiger partial charge in [0.15, 0.2) is 0 Å². The van der Waals surface area contributed by atoms with Crippen molar-refractivity contribution in [1.29, 1.82) is 0 Å². The molecule has 0 saturated carbocycles. The molecular formula is C46H48IrN2SSi-2. The van der Waals surface area contributed by atoms with Crippen molar-refractivity contribution in [3.8, 4) is 33.6 Å². The first kappa shape index (κ1) is 32.0. The Kier molecular flexibility index (Phi) is 9.95. The average Bonchev–Trinajstić information content (AvgIpc) is 3.49. The number of rotatable bonds is 6. The third-order valence-corrected chi connectivity index (χ3v) is 12.4. The molecule has 0 aliphatic heterocycles. The Morgan fingerprint density at radius 3 is 2.16 bits per heavy atom. The second-order valence-electron chi connectivity index (χ2n) is 14.5. The van der Waals surface area contributed by atoms with E-state index in [0.717, 1.165) is 27.9 Å². The van der Waals surface area contributed by atoms with Crippen LogP contribution in [-0.2, 0) is 20.1 Å². The minimum absolute atomic E-state index is 0. The molecule has 3 aromatic heterocycles. The molecule has 0 fully saturated rings. The Labute approximate surface area is 330 Å². The van der Waals surface area contributed by atoms with Gasteiger partial charge in [-0.2, -0.15) is 11.3 Å². The van der Waals surface area contributed by atoms with Crippen molar-refractivity contribution in [2.24, 2.45) is 0 Å². The van der Waals surface area contributed by atoms with E-state index in [4.69, 9.17) is 6.85 Å². The topological polar surface area (TPSA) is 25.8 Å². The zero-order valence-corrected chi connectivity index (χ0v) is 35.1. The maximum Gasteiger partial charge on any atom is 0.0795 e. The molecule has 263 valence electrons. The van der Waals surface area contributed by atoms with Crippen LogP contribution in [0, 0.1) is 32.8 Å². The number of benzene rings is 4. The van der Waals surface area contributed by atoms with Crippen molar-refractivity contribution in [2.75, 3.05) is 0 Å². The van der Waals surface area contributed by atoms with Gasteiger partial charge in [0.25, 0.3) is 0 Å². The summed E-state index contributed by atoms with van der Waals surface area (Å²) >= 11 is 1.83. The predicted molar refractivity (Wildman–Crippen MR) is 221 cm³/mol. The van der Waals surface area contributed by atoms with E-state index >= 15 is 0 Å². The summed E-state index contributed by atoms with van der Waals surface area (Å²) in [5.74, 6) is -1.45. The molecule has 0 atom stereocenters. The van der Waals surface area contributed by atoms with Crippen LogP contribution < -0.4 is 5.19 Å². The van der Waals surface area contributed by atoms with Gasteiger partial charge in [0.2, 0.25) is 0 Å². The molecule has 1 radical (unpaired) electrons. The van der Waals surface area contributed by atoms with E-state index in [0.29, 0.717) is 5.69 Å². The smallest absolute Gasteiger partial charge is 0.0795 e. The van der Waals surface area contributed by atoms with Crippen LogP contribution in [0.4, 0.5) is 0 Å². The number of aryl methyl sites for hydroxylation is 3. The molecule has 7 aromatic rings. The molecular weight excluding hydrogens is 833 g/mol. The van der Waals surface area contributed by atoms with Crippen molar-refractivity contribution in [3.63, 3.8) is 0 Å². The van der Waals surface area contributed by atoms with E-state index in [1.807, 2.05) is 57.4 Å². The number of hydrogen-bond acceptors (Lipinski definition) is 3. The van der Waals surface area contributed by atoms with E-state index in [2.05, 4.69) is 110 Å². The summed E-state index contributed by atoms with van der Waals surface area (Å²) in [6.07, 6.45) is 3.69. The second-order valence-corrected chi connectivity index (χ2v) is 20.6. The fraction of sp³-hybridized carbons (Fsp3) is 0.261. The molecule has 0 unspecified atom stereocenters. The normalized spacial score (nSPS) is 13.6. The summed E-state index contributed by atoms with van der Waals surface area (Å²) in [7, 11) is -1.53. The van der Waals surface area contributed by atoms with Gasteiger partial charge in [0.05, 0.1) is 8.07 Å². The Morgan fingerprint density at radius 1 is 0.784 bits per heavy atom. The third kappa shape index (κ3) is 8.34. The van der Waals surface area contributed by atoms with Gasteiger partial charge in [-0.15, -0.1) is 59.2 Å². The third-order valence-electron chi connectivity index (χ3n) is 9.15. The van der Waals surface area contributed by atoms with Gasteiger partial charge in [-0.1, -0.05) is 119 Å². The largest absolute Gasteiger partial charge is 0.305 e. The SMILES string of the molecule is [2H]C(C)(C)c1ccnc(-c2[c-]cc3sc4c(-c5c(C)cccc5C)cccc4c3c2)c1.[2H]C([2H])([2H])c1c[c-]c(-c2ncc([Si](C)(C)C)cc2C([2H])(C)C)cc1.[Ir]. The summed E-state index contributed by atoms with van der Waals surface area (Å²) in [6.45, 7) is 16.5. The van der Waals surface area contributed by atoms with Crippen LogP contribution in [0.1, 0.15) is 74.2 Å². The molecule has 0 aliphatic rings. The number of fused-ring (bicyclic) bond motifs is 3. The van der Waals surface area contributed by atoms with Gasteiger partial charge in [-0.25, -0.2) is 0 Å². The first-order valence-electron chi connectivity index (χ1n) is 19.6. The molecule has 0 saturated heterocycles. The van der Waals surface area contributed by atoms with Crippen LogP contribution in [0.2, 0.25) is 19.6 Å². The van der Waals surface area contributed by atoms with Gasteiger partial charge in [0.1, 0.15) is 0 Å². The number of hydrogen-bond donors (Lipinski definition) is 0. The number of aromatic nitrogens is 2. The minimum Gasteiger partial charge on any atom is -0.305 e. The summed E-state index contributed by atoms with van der Waals surface area (Å²) < 4.78 is 41.7. The molecule has 0 N–H and O–H groups in total. The molecule has 5 heteroatoms. The maximum atomic E-state index is 8.48. The van der Waals surface area contributed by atoms with Crippen LogP contribution in [0.15, 0.2) is 97.3 Å². The van der Waals surface area contributed by atoms with Crippen LogP contribution in [0.5, 0.6) is 0 Å². The Balaban J connectivity index is 0.000000218. The molecule has 0 aliphatic carbocycles. The zero-order chi connectivity index (χ0) is 40.1. The van der Waals surface area contributed by atoms with Crippen molar-refractivity contribution >= 4 is 44.8 Å². The quantitative estimate of drug-likeness (QED) is 0.123. The first-order chi connectivity index (χ1) is 25.6. The van der Waals surface area contributed by atoms with Crippen LogP contribution in [0.3, 0.4) is 0 Å². The molecule has 3 heterocycles. The van der Waals surface area contributed by atoms with Gasteiger partial charge in [-0.05, 0) is 80.6 Å². The van der Waals surface area contributed by atoms with E-state index in [9.17, 15) is 0 Å². The van der Waals surface area contributed by atoms with Crippen LogP contribution in [-0.4, -0.2) is 18.0 Å². The van der Waals surface area contributed by atoms with Crippen molar-refractivity contribution in [2.45, 2.75) is 79.8 Å². The predicted octanol–water partition coefficient (Wildman–Crippen LogP) is 12.8. The summed E-state index contributed by atoms with van der Waals surface area (Å²) in [5.41, 5.74) is 10.6. The minimum atomic E-state index is -2.14. The molecule has 0 bridgehead atoms. The summed E-state index contributed by atoms with van der Waals surface area (Å²) in [5, 5.41) is 3.72. The Morgan fingerprint density at radius 2 is 1.51 bits per heavy atom. The van der Waals surface area contributed by atoms with Crippen LogP contribution in [0.25, 0.3) is 53.8 Å². The molecule has 4 aromatic carbocycles. The van der Waals surface area contributed by atoms with Crippen molar-refractivity contribution in [1.82, 2.24) is 9.97 Å². The van der Waals surface area contributed by atoms with Crippen LogP contribution >= 0.6 is 11.3 Å². The fourth-order valence-electron chi connectivity index (χ4n) is 6.26. The molecule has 51 heavy (non-hydrogen) atoms. The van der Waals surface area contributed by atoms with Gasteiger partial charge in [0, 0.05) is 44.1 Å². The number of nitrogens with zero attached hydrogens (tertiary/aromatic N) is 2. The maximum absolute atomic E-state index is 8.48. The summed E-state index contributed by atoms with van der Waals surface area (Å²) in [6, 6.07) is 34.7. The molecule has 2 nitrogen and oxygen atoms in total. The van der Waals surface area contributed by atoms with E-state index in [1.54, 1.807) is 18.3 Å². The van der Waals surface area contributed by atoms with Gasteiger partial charge in [-0.3, -0.25) is 0 Å². The van der Waals surface area contributed by atoms with Crippen molar-refractivity contribution in [3.05, 3.63) is 137 Å². The van der Waals surface area contributed by atoms with E-state index in [-0.39, 0.29) is 25.7 Å². The Hall–Kier alpha value is -3.73. The second kappa shape index (κ2) is 15.9. The Bertz CT molecular complexity index is 2490. The molecule has 0 amide bonds. The fourth-order valence-corrected chi connectivity index (χ4v) is 8.47. The number of thiophene rings is 1. The standard InChI is InChI=1S/C28H24NS.C18H24NSi.Ir/c1-17(2)20-13-14-29-25(16-20)21-11-12-26-24(15-21)22-9-6-10-23(28(22)30-26)27-18(3)7-5-8-19(27)4;1-13(2)17-11-16(20(4,5)6)12-19-18(17)15-9-7-14(3)8-10-15;/h5-10,12-17H,1-4H3;7-9,11-13H,1-6H3;/q2*-1;/i17D;3D3,13D;. The van der Waals surface area contributed by atoms with Crippen molar-refractivity contribution < 1.29 is 27.0 Å². The van der Waals surface area contributed by atoms with Gasteiger partial charge >= 0.3 is 0 Å². The first-order valence-corrected chi connectivity index (χ1v) is 21.4. The number of pyridine rings is 2. The monoisotopic (exact) mass is 886 g/mol. The molecule has 7 rings (SSSR count). The average molecular weight is 886 g/mol. The molecule has 0 spiro atoms. The zero-order valence-electron chi connectivity index (χ0n) is 35.9. The summed E-state index contributed by atoms with van der Waals surface area (Å²) in [4.78, 5) is 9.19.